The lowest BCUT2D eigenvalue weighted by atomic mass is 10.1. The van der Waals surface area contributed by atoms with Gasteiger partial charge in [-0.25, -0.2) is 0 Å². The molecule has 0 fully saturated rings. The Kier molecular flexibility index (Phi) is 7.37. The molecule has 1 nitrogen and oxygen atoms in total. The van der Waals surface area contributed by atoms with Gasteiger partial charge in [0.05, 0.1) is 6.04 Å². The normalized spacial score (nSPS) is 10.9. The first kappa shape index (κ1) is 14.8. The largest absolute Gasteiger partial charge is 0.296 e. The minimum atomic E-state index is 0. The third-order valence-corrected chi connectivity index (χ3v) is 2.17. The molecule has 0 heterocycles. The Bertz CT molecular complexity index is 359. The van der Waals surface area contributed by atoms with Crippen LogP contribution in [0.15, 0.2) is 43.0 Å². The highest BCUT2D eigenvalue weighted by Crippen LogP contribution is 2.00. The molecule has 0 aromatic heterocycles. The first-order valence-corrected chi connectivity index (χ1v) is 5.08. The van der Waals surface area contributed by atoms with Crippen LogP contribution in [0.2, 0.25) is 0 Å². The summed E-state index contributed by atoms with van der Waals surface area (Å²) in [6.07, 6.45) is 2.80. The minimum Gasteiger partial charge on any atom is -0.296 e. The Labute approximate surface area is 105 Å². The molecule has 0 aliphatic carbocycles. The van der Waals surface area contributed by atoms with Gasteiger partial charge >= 0.3 is 0 Å². The molecule has 1 aromatic carbocycles. The molecular weight excluding hydrogens is 218 g/mol. The number of nitrogens with zero attached hydrogens (tertiary/aromatic N) is 1. The van der Waals surface area contributed by atoms with Crippen molar-refractivity contribution in [3.05, 3.63) is 48.6 Å². The zero-order valence-corrected chi connectivity index (χ0v) is 10.6. The van der Waals surface area contributed by atoms with Gasteiger partial charge < -0.3 is 0 Å². The second kappa shape index (κ2) is 7.98. The first-order valence-electron chi connectivity index (χ1n) is 5.08. The maximum atomic E-state index is 3.74. The minimum absolute atomic E-state index is 0. The van der Waals surface area contributed by atoms with Crippen molar-refractivity contribution in [3.63, 3.8) is 0 Å². The van der Waals surface area contributed by atoms with E-state index in [0.717, 1.165) is 12.0 Å². The van der Waals surface area contributed by atoms with Crippen molar-refractivity contribution >= 4 is 12.4 Å². The van der Waals surface area contributed by atoms with Gasteiger partial charge in [-0.1, -0.05) is 36.1 Å². The summed E-state index contributed by atoms with van der Waals surface area (Å²) in [5.74, 6) is 6.41. The number of benzene rings is 1. The van der Waals surface area contributed by atoms with Crippen LogP contribution in [0.5, 0.6) is 0 Å². The summed E-state index contributed by atoms with van der Waals surface area (Å²) in [4.78, 5) is 2.11. The van der Waals surface area contributed by atoms with Crippen molar-refractivity contribution in [2.45, 2.75) is 12.5 Å². The summed E-state index contributed by atoms with van der Waals surface area (Å²) in [5, 5.41) is 0. The van der Waals surface area contributed by atoms with Crippen molar-refractivity contribution in [3.8, 4) is 11.8 Å². The molecule has 0 bridgehead atoms. The smallest absolute Gasteiger partial charge is 0.0748 e. The molecule has 2 heteroatoms. The van der Waals surface area contributed by atoms with E-state index in [4.69, 9.17) is 0 Å². The van der Waals surface area contributed by atoms with Gasteiger partial charge in [-0.2, -0.15) is 0 Å². The van der Waals surface area contributed by atoms with Crippen LogP contribution in [0.1, 0.15) is 12.0 Å². The van der Waals surface area contributed by atoms with Gasteiger partial charge in [-0.15, -0.1) is 19.0 Å². The molecule has 0 N–H and O–H groups in total. The van der Waals surface area contributed by atoms with Gasteiger partial charge in [0.2, 0.25) is 0 Å². The molecule has 0 amide bonds. The average Bonchev–Trinajstić information content (AvgIpc) is 2.25. The second-order valence-electron chi connectivity index (χ2n) is 3.64. The van der Waals surface area contributed by atoms with Gasteiger partial charge in [-0.05, 0) is 32.6 Å². The lowest BCUT2D eigenvalue weighted by Gasteiger charge is -2.16. The highest BCUT2D eigenvalue weighted by molar-refractivity contribution is 5.85. The van der Waals surface area contributed by atoms with Crippen LogP contribution in [0.4, 0.5) is 0 Å². The summed E-state index contributed by atoms with van der Waals surface area (Å²) in [6.45, 7) is 3.74. The molecule has 1 atom stereocenters. The maximum Gasteiger partial charge on any atom is 0.0748 e. The van der Waals surface area contributed by atoms with Gasteiger partial charge in [0, 0.05) is 5.56 Å². The molecule has 0 saturated heterocycles. The third kappa shape index (κ3) is 5.02. The summed E-state index contributed by atoms with van der Waals surface area (Å²) in [6, 6.07) is 10.3. The third-order valence-electron chi connectivity index (χ3n) is 2.17. The van der Waals surface area contributed by atoms with Crippen LogP contribution in [-0.4, -0.2) is 25.0 Å². The van der Waals surface area contributed by atoms with E-state index >= 15 is 0 Å². The fraction of sp³-hybridized carbons (Fsp3) is 0.286. The van der Waals surface area contributed by atoms with Crippen LogP contribution < -0.4 is 0 Å². The van der Waals surface area contributed by atoms with Gasteiger partial charge in [0.25, 0.3) is 0 Å². The maximum absolute atomic E-state index is 3.74. The molecule has 0 radical (unpaired) electrons. The van der Waals surface area contributed by atoms with E-state index in [1.807, 2.05) is 50.5 Å². The molecule has 0 aliphatic rings. The number of rotatable bonds is 3. The summed E-state index contributed by atoms with van der Waals surface area (Å²) in [7, 11) is 4.07. The van der Waals surface area contributed by atoms with Gasteiger partial charge in [0.15, 0.2) is 0 Å². The number of hydrogen-bond acceptors (Lipinski definition) is 1. The average molecular weight is 236 g/mol. The molecule has 16 heavy (non-hydrogen) atoms. The Morgan fingerprint density at radius 2 is 1.94 bits per heavy atom. The fourth-order valence-corrected chi connectivity index (χ4v) is 1.24. The van der Waals surface area contributed by atoms with E-state index in [9.17, 15) is 0 Å². The van der Waals surface area contributed by atoms with Crippen molar-refractivity contribution < 1.29 is 0 Å². The van der Waals surface area contributed by atoms with Crippen LogP contribution in [0.3, 0.4) is 0 Å². The molecule has 1 aromatic rings. The molecule has 1 rings (SSSR count). The van der Waals surface area contributed by atoms with E-state index in [1.165, 1.54) is 0 Å². The molecular formula is C14H18ClN. The first-order chi connectivity index (χ1) is 7.24. The monoisotopic (exact) mass is 235 g/mol. The molecule has 0 saturated carbocycles. The van der Waals surface area contributed by atoms with E-state index in [2.05, 4.69) is 23.3 Å². The standard InChI is InChI=1S/C14H17N.ClH/c1-4-8-14(15(2)3)12-11-13-9-6-5-7-10-13;/h4-7,9-10,14H,1,8H2,2-3H3;1H. The Balaban J connectivity index is 0.00000225. The molecule has 0 aliphatic heterocycles. The van der Waals surface area contributed by atoms with Crippen LogP contribution in [0, 0.1) is 11.8 Å². The van der Waals surface area contributed by atoms with Gasteiger partial charge in [0.1, 0.15) is 0 Å². The summed E-state index contributed by atoms with van der Waals surface area (Å²) in [5.41, 5.74) is 1.06. The van der Waals surface area contributed by atoms with Crippen LogP contribution >= 0.6 is 12.4 Å². The van der Waals surface area contributed by atoms with Crippen LogP contribution in [0.25, 0.3) is 0 Å². The zero-order valence-electron chi connectivity index (χ0n) is 9.81. The molecule has 0 spiro atoms. The Hall–Kier alpha value is -1.23. The second-order valence-corrected chi connectivity index (χ2v) is 3.64. The van der Waals surface area contributed by atoms with Crippen LogP contribution in [-0.2, 0) is 0 Å². The fourth-order valence-electron chi connectivity index (χ4n) is 1.24. The van der Waals surface area contributed by atoms with Crippen molar-refractivity contribution in [2.75, 3.05) is 14.1 Å². The van der Waals surface area contributed by atoms with Crippen molar-refractivity contribution in [1.82, 2.24) is 4.90 Å². The van der Waals surface area contributed by atoms with Gasteiger partial charge in [-0.3, -0.25) is 4.90 Å². The van der Waals surface area contributed by atoms with Crippen molar-refractivity contribution in [1.29, 1.82) is 0 Å². The SMILES string of the molecule is C=CCC(C#Cc1ccccc1)N(C)C.Cl. The molecule has 86 valence electrons. The van der Waals surface area contributed by atoms with E-state index in [1.54, 1.807) is 0 Å². The lowest BCUT2D eigenvalue weighted by molar-refractivity contribution is 0.355. The Morgan fingerprint density at radius 1 is 1.31 bits per heavy atom. The number of hydrogen-bond donors (Lipinski definition) is 0. The zero-order chi connectivity index (χ0) is 11.1. The lowest BCUT2D eigenvalue weighted by Crippen LogP contribution is -2.25. The van der Waals surface area contributed by atoms with Crippen molar-refractivity contribution in [2.24, 2.45) is 0 Å². The van der Waals surface area contributed by atoms with E-state index in [0.29, 0.717) is 0 Å². The quantitative estimate of drug-likeness (QED) is 0.575. The predicted octanol–water partition coefficient (Wildman–Crippen LogP) is 2.97. The van der Waals surface area contributed by atoms with E-state index < -0.39 is 0 Å². The summed E-state index contributed by atoms with van der Waals surface area (Å²) >= 11 is 0. The topological polar surface area (TPSA) is 3.24 Å². The summed E-state index contributed by atoms with van der Waals surface area (Å²) < 4.78 is 0. The molecule has 1 unspecified atom stereocenters. The highest BCUT2D eigenvalue weighted by atomic mass is 35.5. The van der Waals surface area contributed by atoms with E-state index in [-0.39, 0.29) is 18.4 Å². The highest BCUT2D eigenvalue weighted by Gasteiger charge is 2.03. The predicted molar refractivity (Wildman–Crippen MR) is 72.9 cm³/mol. The number of halogens is 1. The Morgan fingerprint density at radius 3 is 2.44 bits per heavy atom.